The van der Waals surface area contributed by atoms with E-state index >= 15 is 0 Å². The van der Waals surface area contributed by atoms with E-state index in [4.69, 9.17) is 0 Å². The monoisotopic (exact) mass is 388 g/mol. The molecule has 6 nitrogen and oxygen atoms in total. The molecule has 6 heteroatoms. The van der Waals surface area contributed by atoms with Gasteiger partial charge in [0.15, 0.2) is 0 Å². The SMILES string of the molecule is O=C(CC1C[C@H]2CC[C@@H]1C2)Nc1cc2c(cn1)CC1(C2)C(=O)Nc2ncccc21. The number of anilines is 2. The van der Waals surface area contributed by atoms with Crippen LogP contribution in [0, 0.1) is 17.8 Å². The second kappa shape index (κ2) is 6.12. The summed E-state index contributed by atoms with van der Waals surface area (Å²) in [6.45, 7) is 0. The van der Waals surface area contributed by atoms with E-state index in [0.29, 0.717) is 36.8 Å². The van der Waals surface area contributed by atoms with E-state index in [1.165, 1.54) is 25.7 Å². The van der Waals surface area contributed by atoms with Gasteiger partial charge in [-0.1, -0.05) is 12.5 Å². The summed E-state index contributed by atoms with van der Waals surface area (Å²) < 4.78 is 0. The summed E-state index contributed by atoms with van der Waals surface area (Å²) in [6, 6.07) is 5.81. The van der Waals surface area contributed by atoms with Crippen LogP contribution in [-0.4, -0.2) is 21.8 Å². The first-order valence-corrected chi connectivity index (χ1v) is 10.7. The van der Waals surface area contributed by atoms with Crippen LogP contribution in [-0.2, 0) is 27.8 Å². The first-order valence-electron chi connectivity index (χ1n) is 10.7. The zero-order chi connectivity index (χ0) is 19.6. The predicted molar refractivity (Wildman–Crippen MR) is 108 cm³/mol. The van der Waals surface area contributed by atoms with Crippen molar-refractivity contribution in [1.82, 2.24) is 9.97 Å². The summed E-state index contributed by atoms with van der Waals surface area (Å²) in [6.07, 6.45) is 10.5. The van der Waals surface area contributed by atoms with Crippen LogP contribution in [0.2, 0.25) is 0 Å². The number of carbonyl (C=O) groups excluding carboxylic acids is 2. The maximum absolute atomic E-state index is 12.8. The number of amides is 2. The van der Waals surface area contributed by atoms with Crippen LogP contribution in [0.4, 0.5) is 11.6 Å². The fourth-order valence-corrected chi connectivity index (χ4v) is 6.28. The number of carbonyl (C=O) groups is 2. The van der Waals surface area contributed by atoms with E-state index in [1.54, 1.807) is 6.20 Å². The van der Waals surface area contributed by atoms with Crippen molar-refractivity contribution in [3.8, 4) is 0 Å². The van der Waals surface area contributed by atoms with Gasteiger partial charge in [0.2, 0.25) is 11.8 Å². The molecule has 2 unspecified atom stereocenters. The standard InChI is InChI=1S/C23H24N4O2/c28-20(9-15-7-13-3-4-14(15)6-13)26-19-8-16-10-23(11-17(16)12-25-19)18-2-1-5-24-21(18)27-22(23)29/h1-2,5,8,12-15H,3-4,6-7,9-11H2,(H,24,27,29)(H,25,26,28)/t13-,14+,15?,23?/m0/s1. The zero-order valence-corrected chi connectivity index (χ0v) is 16.3. The van der Waals surface area contributed by atoms with Gasteiger partial charge in [0.05, 0.1) is 5.41 Å². The molecule has 0 saturated heterocycles. The van der Waals surface area contributed by atoms with Crippen molar-refractivity contribution < 1.29 is 9.59 Å². The second-order valence-electron chi connectivity index (χ2n) is 9.31. The van der Waals surface area contributed by atoms with Crippen molar-refractivity contribution in [2.24, 2.45) is 17.8 Å². The summed E-state index contributed by atoms with van der Waals surface area (Å²) in [5, 5.41) is 5.93. The van der Waals surface area contributed by atoms with Gasteiger partial charge >= 0.3 is 0 Å². The number of pyridine rings is 2. The van der Waals surface area contributed by atoms with Crippen molar-refractivity contribution >= 4 is 23.5 Å². The van der Waals surface area contributed by atoms with Gasteiger partial charge in [0, 0.05) is 24.4 Å². The molecule has 3 aliphatic carbocycles. The Morgan fingerprint density at radius 3 is 2.93 bits per heavy atom. The minimum Gasteiger partial charge on any atom is -0.311 e. The summed E-state index contributed by atoms with van der Waals surface area (Å²) in [5.74, 6) is 3.46. The molecule has 2 bridgehead atoms. The first-order chi connectivity index (χ1) is 14.1. The van der Waals surface area contributed by atoms with Gasteiger partial charge < -0.3 is 10.6 Å². The first kappa shape index (κ1) is 17.1. The molecular formula is C23H24N4O2. The molecule has 2 fully saturated rings. The third kappa shape index (κ3) is 2.61. The van der Waals surface area contributed by atoms with Crippen LogP contribution in [0.1, 0.15) is 48.8 Å². The summed E-state index contributed by atoms with van der Waals surface area (Å²) in [5.41, 5.74) is 2.52. The van der Waals surface area contributed by atoms with Gasteiger partial charge in [-0.15, -0.1) is 0 Å². The summed E-state index contributed by atoms with van der Waals surface area (Å²) in [4.78, 5) is 34.2. The molecular weight excluding hydrogens is 364 g/mol. The Morgan fingerprint density at radius 1 is 1.21 bits per heavy atom. The average molecular weight is 388 g/mol. The lowest BCUT2D eigenvalue weighted by Gasteiger charge is -2.20. The fourth-order valence-electron chi connectivity index (χ4n) is 6.28. The molecule has 2 N–H and O–H groups in total. The Balaban J connectivity index is 1.19. The topological polar surface area (TPSA) is 84.0 Å². The lowest BCUT2D eigenvalue weighted by molar-refractivity contribution is -0.120. The van der Waals surface area contributed by atoms with E-state index in [0.717, 1.165) is 28.5 Å². The quantitative estimate of drug-likeness (QED) is 0.846. The minimum absolute atomic E-state index is 0.00396. The highest BCUT2D eigenvalue weighted by Crippen LogP contribution is 2.50. The number of aromatic nitrogens is 2. The average Bonchev–Trinajstić information content (AvgIpc) is 3.46. The van der Waals surface area contributed by atoms with Crippen molar-refractivity contribution in [3.05, 3.63) is 47.3 Å². The molecule has 1 spiro atoms. The molecule has 148 valence electrons. The van der Waals surface area contributed by atoms with Gasteiger partial charge in [-0.3, -0.25) is 9.59 Å². The number of rotatable bonds is 3. The maximum atomic E-state index is 12.8. The van der Waals surface area contributed by atoms with Crippen LogP contribution in [0.15, 0.2) is 30.6 Å². The van der Waals surface area contributed by atoms with E-state index in [2.05, 4.69) is 20.6 Å². The van der Waals surface area contributed by atoms with E-state index in [-0.39, 0.29) is 11.8 Å². The molecule has 1 aliphatic heterocycles. The van der Waals surface area contributed by atoms with E-state index in [9.17, 15) is 9.59 Å². The molecule has 2 saturated carbocycles. The number of nitrogens with zero attached hydrogens (tertiary/aromatic N) is 2. The zero-order valence-electron chi connectivity index (χ0n) is 16.3. The van der Waals surface area contributed by atoms with Crippen molar-refractivity contribution in [3.63, 3.8) is 0 Å². The van der Waals surface area contributed by atoms with E-state index < -0.39 is 5.41 Å². The fraction of sp³-hybridized carbons (Fsp3) is 0.478. The lowest BCUT2D eigenvalue weighted by Crippen LogP contribution is -2.35. The Hall–Kier alpha value is -2.76. The third-order valence-electron chi connectivity index (χ3n) is 7.66. The summed E-state index contributed by atoms with van der Waals surface area (Å²) in [7, 11) is 0. The lowest BCUT2D eigenvalue weighted by atomic mass is 9.79. The van der Waals surface area contributed by atoms with Crippen molar-refractivity contribution in [1.29, 1.82) is 0 Å². The minimum atomic E-state index is -0.598. The molecule has 2 amide bonds. The van der Waals surface area contributed by atoms with Gasteiger partial charge in [-0.05, 0) is 73.1 Å². The molecule has 2 aromatic heterocycles. The largest absolute Gasteiger partial charge is 0.311 e. The highest BCUT2D eigenvalue weighted by Gasteiger charge is 2.51. The van der Waals surface area contributed by atoms with Gasteiger partial charge in [0.25, 0.3) is 0 Å². The van der Waals surface area contributed by atoms with Crippen LogP contribution < -0.4 is 10.6 Å². The number of hydrogen-bond acceptors (Lipinski definition) is 4. The highest BCUT2D eigenvalue weighted by molar-refractivity contribution is 6.06. The van der Waals surface area contributed by atoms with Crippen molar-refractivity contribution in [2.75, 3.05) is 10.6 Å². The molecule has 0 radical (unpaired) electrons. The normalized spacial score (nSPS) is 31.0. The van der Waals surface area contributed by atoms with Gasteiger partial charge in [-0.2, -0.15) is 0 Å². The number of hydrogen-bond donors (Lipinski definition) is 2. The maximum Gasteiger partial charge on any atom is 0.237 e. The van der Waals surface area contributed by atoms with E-state index in [1.807, 2.05) is 24.4 Å². The molecule has 4 atom stereocenters. The molecule has 2 aromatic rings. The van der Waals surface area contributed by atoms with Gasteiger partial charge in [0.1, 0.15) is 11.6 Å². The third-order valence-corrected chi connectivity index (χ3v) is 7.66. The Labute approximate surface area is 169 Å². The second-order valence-corrected chi connectivity index (χ2v) is 9.31. The number of fused-ring (bicyclic) bond motifs is 5. The molecule has 29 heavy (non-hydrogen) atoms. The molecule has 6 rings (SSSR count). The predicted octanol–water partition coefficient (Wildman–Crippen LogP) is 3.23. The molecule has 3 heterocycles. The van der Waals surface area contributed by atoms with Crippen molar-refractivity contribution in [2.45, 2.75) is 50.4 Å². The highest BCUT2D eigenvalue weighted by atomic mass is 16.2. The number of nitrogens with one attached hydrogen (secondary N) is 2. The Bertz CT molecular complexity index is 1040. The van der Waals surface area contributed by atoms with Crippen LogP contribution in [0.25, 0.3) is 0 Å². The Kier molecular flexibility index (Phi) is 3.61. The van der Waals surface area contributed by atoms with Crippen LogP contribution in [0.3, 0.4) is 0 Å². The van der Waals surface area contributed by atoms with Gasteiger partial charge in [-0.25, -0.2) is 9.97 Å². The van der Waals surface area contributed by atoms with Crippen LogP contribution in [0.5, 0.6) is 0 Å². The Morgan fingerprint density at radius 2 is 2.10 bits per heavy atom. The summed E-state index contributed by atoms with van der Waals surface area (Å²) >= 11 is 0. The smallest absolute Gasteiger partial charge is 0.237 e. The molecule has 0 aromatic carbocycles. The molecule has 4 aliphatic rings. The van der Waals surface area contributed by atoms with Crippen LogP contribution >= 0.6 is 0 Å².